The Kier molecular flexibility index (Phi) is 4.76. The van der Waals surface area contributed by atoms with Crippen molar-refractivity contribution in [1.29, 1.82) is 0 Å². The van der Waals surface area contributed by atoms with Crippen LogP contribution in [0, 0.1) is 5.82 Å². The highest BCUT2D eigenvalue weighted by Gasteiger charge is 2.09. The predicted molar refractivity (Wildman–Crippen MR) is 94.7 cm³/mol. The summed E-state index contributed by atoms with van der Waals surface area (Å²) < 4.78 is 27.8. The molecule has 0 spiro atoms. The average molecular weight is 343 g/mol. The summed E-state index contributed by atoms with van der Waals surface area (Å²) in [6.45, 7) is 0.327. The lowest BCUT2D eigenvalue weighted by atomic mass is 10.1. The Labute approximate surface area is 142 Å². The van der Waals surface area contributed by atoms with Gasteiger partial charge in [-0.05, 0) is 23.8 Å². The van der Waals surface area contributed by atoms with Crippen molar-refractivity contribution in [1.82, 2.24) is 9.78 Å². The largest absolute Gasteiger partial charge is 0.380 e. The summed E-state index contributed by atoms with van der Waals surface area (Å²) in [6.07, 6.45) is 5.18. The molecule has 0 aliphatic heterocycles. The minimum absolute atomic E-state index is 0.279. The maximum absolute atomic E-state index is 14.4. The van der Waals surface area contributed by atoms with Crippen LogP contribution < -0.4 is 5.32 Å². The smallest absolute Gasteiger partial charge is 0.128 e. The Morgan fingerprint density at radius 2 is 2.00 bits per heavy atom. The van der Waals surface area contributed by atoms with Crippen LogP contribution in [0.1, 0.15) is 5.56 Å². The number of nitrogens with zero attached hydrogens (tertiary/aromatic N) is 2. The predicted octanol–water partition coefficient (Wildman–Crippen LogP) is 3.58. The molecule has 0 aliphatic rings. The van der Waals surface area contributed by atoms with Crippen LogP contribution in [0.5, 0.6) is 0 Å². The number of rotatable bonds is 5. The first-order chi connectivity index (χ1) is 11.5. The number of benzene rings is 2. The molecule has 1 N–H and O–H groups in total. The van der Waals surface area contributed by atoms with Crippen molar-refractivity contribution in [3.63, 3.8) is 0 Å². The molecule has 0 aliphatic carbocycles. The maximum Gasteiger partial charge on any atom is 0.128 e. The Morgan fingerprint density at radius 1 is 1.21 bits per heavy atom. The van der Waals surface area contributed by atoms with Crippen molar-refractivity contribution < 1.29 is 8.60 Å². The molecule has 3 rings (SSSR count). The van der Waals surface area contributed by atoms with Gasteiger partial charge >= 0.3 is 0 Å². The third kappa shape index (κ3) is 3.54. The van der Waals surface area contributed by atoms with Crippen molar-refractivity contribution in [2.75, 3.05) is 11.6 Å². The van der Waals surface area contributed by atoms with Crippen molar-refractivity contribution in [3.05, 3.63) is 66.2 Å². The molecule has 2 aromatic carbocycles. The third-order valence-electron chi connectivity index (χ3n) is 3.76. The monoisotopic (exact) mass is 343 g/mol. The number of para-hydroxylation sites is 1. The van der Waals surface area contributed by atoms with E-state index in [0.717, 1.165) is 16.8 Å². The first-order valence-corrected chi connectivity index (χ1v) is 9.04. The molecule has 0 amide bonds. The number of aromatic nitrogens is 2. The number of nitrogens with one attached hydrogen (secondary N) is 1. The van der Waals surface area contributed by atoms with Crippen molar-refractivity contribution in [2.24, 2.45) is 7.05 Å². The average Bonchev–Trinajstić information content (AvgIpc) is 3.00. The van der Waals surface area contributed by atoms with Gasteiger partial charge in [-0.3, -0.25) is 8.89 Å². The van der Waals surface area contributed by atoms with E-state index in [-0.39, 0.29) is 5.82 Å². The van der Waals surface area contributed by atoms with Gasteiger partial charge in [0, 0.05) is 37.2 Å². The summed E-state index contributed by atoms with van der Waals surface area (Å²) in [5.41, 5.74) is 2.98. The summed E-state index contributed by atoms with van der Waals surface area (Å²) in [7, 11) is 0.731. The second-order valence-electron chi connectivity index (χ2n) is 5.51. The van der Waals surface area contributed by atoms with Crippen LogP contribution in [0.4, 0.5) is 10.1 Å². The van der Waals surface area contributed by atoms with Crippen LogP contribution >= 0.6 is 0 Å². The van der Waals surface area contributed by atoms with E-state index in [0.29, 0.717) is 17.0 Å². The van der Waals surface area contributed by atoms with E-state index in [1.54, 1.807) is 29.3 Å². The second kappa shape index (κ2) is 6.97. The first-order valence-electron chi connectivity index (χ1n) is 7.48. The van der Waals surface area contributed by atoms with E-state index in [1.165, 1.54) is 6.07 Å². The molecule has 1 heterocycles. The molecular weight excluding hydrogens is 325 g/mol. The van der Waals surface area contributed by atoms with Crippen LogP contribution in [0.3, 0.4) is 0 Å². The molecule has 0 radical (unpaired) electrons. The third-order valence-corrected chi connectivity index (χ3v) is 4.73. The molecule has 0 fully saturated rings. The van der Waals surface area contributed by atoms with Gasteiger partial charge in [0.25, 0.3) is 0 Å². The minimum atomic E-state index is -1.10. The summed E-state index contributed by atoms with van der Waals surface area (Å²) in [5.74, 6) is -0.279. The second-order valence-corrected chi connectivity index (χ2v) is 6.86. The zero-order chi connectivity index (χ0) is 17.1. The Hall–Kier alpha value is -2.47. The van der Waals surface area contributed by atoms with E-state index in [9.17, 15) is 8.60 Å². The quantitative estimate of drug-likeness (QED) is 0.770. The molecule has 0 saturated carbocycles. The van der Waals surface area contributed by atoms with Crippen molar-refractivity contribution >= 4 is 16.5 Å². The molecule has 6 heteroatoms. The van der Waals surface area contributed by atoms with Crippen LogP contribution in [0.15, 0.2) is 59.8 Å². The molecule has 124 valence electrons. The molecule has 1 unspecified atom stereocenters. The SMILES string of the molecule is Cn1cc(-c2ccc(CNc3ccccc3S(C)=O)c(F)c2)cn1. The highest BCUT2D eigenvalue weighted by molar-refractivity contribution is 7.84. The van der Waals surface area contributed by atoms with E-state index in [1.807, 2.05) is 37.5 Å². The van der Waals surface area contributed by atoms with E-state index in [4.69, 9.17) is 0 Å². The van der Waals surface area contributed by atoms with Gasteiger partial charge < -0.3 is 5.32 Å². The zero-order valence-corrected chi connectivity index (χ0v) is 14.3. The number of hydrogen-bond acceptors (Lipinski definition) is 3. The fraction of sp³-hybridized carbons (Fsp3) is 0.167. The molecule has 4 nitrogen and oxygen atoms in total. The van der Waals surface area contributed by atoms with E-state index in [2.05, 4.69) is 10.4 Å². The topological polar surface area (TPSA) is 46.9 Å². The molecule has 0 saturated heterocycles. The van der Waals surface area contributed by atoms with Gasteiger partial charge in [0.05, 0.1) is 27.6 Å². The normalized spacial score (nSPS) is 12.1. The summed E-state index contributed by atoms with van der Waals surface area (Å²) in [4.78, 5) is 0.713. The van der Waals surface area contributed by atoms with Gasteiger partial charge in [0.1, 0.15) is 5.82 Å². The number of anilines is 1. The van der Waals surface area contributed by atoms with Crippen molar-refractivity contribution in [3.8, 4) is 11.1 Å². The Balaban J connectivity index is 1.78. The lowest BCUT2D eigenvalue weighted by Crippen LogP contribution is -2.04. The zero-order valence-electron chi connectivity index (χ0n) is 13.5. The minimum Gasteiger partial charge on any atom is -0.380 e. The number of halogens is 1. The molecule has 1 aromatic heterocycles. The van der Waals surface area contributed by atoms with Gasteiger partial charge in [-0.25, -0.2) is 4.39 Å². The lowest BCUT2D eigenvalue weighted by Gasteiger charge is -2.11. The number of aryl methyl sites for hydroxylation is 1. The van der Waals surface area contributed by atoms with Gasteiger partial charge in [-0.1, -0.05) is 24.3 Å². The van der Waals surface area contributed by atoms with Gasteiger partial charge in [0.15, 0.2) is 0 Å². The first kappa shape index (κ1) is 16.4. The lowest BCUT2D eigenvalue weighted by molar-refractivity contribution is 0.613. The number of hydrogen-bond donors (Lipinski definition) is 1. The standard InChI is InChI=1S/C18H18FN3OS/c1-22-12-15(11-21-22)13-7-8-14(16(19)9-13)10-20-17-5-3-4-6-18(17)24(2)23/h3-9,11-12,20H,10H2,1-2H3. The van der Waals surface area contributed by atoms with Gasteiger partial charge in [0.2, 0.25) is 0 Å². The molecule has 24 heavy (non-hydrogen) atoms. The molecule has 1 atom stereocenters. The summed E-state index contributed by atoms with van der Waals surface area (Å²) in [6, 6.07) is 12.5. The molecule has 0 bridgehead atoms. The highest BCUT2D eigenvalue weighted by atomic mass is 32.2. The van der Waals surface area contributed by atoms with Gasteiger partial charge in [-0.2, -0.15) is 5.10 Å². The fourth-order valence-electron chi connectivity index (χ4n) is 2.49. The van der Waals surface area contributed by atoms with Crippen LogP contribution in [0.25, 0.3) is 11.1 Å². The highest BCUT2D eigenvalue weighted by Crippen LogP contribution is 2.23. The summed E-state index contributed by atoms with van der Waals surface area (Å²) in [5, 5.41) is 7.27. The Bertz CT molecular complexity index is 891. The van der Waals surface area contributed by atoms with E-state index >= 15 is 0 Å². The van der Waals surface area contributed by atoms with Crippen LogP contribution in [-0.2, 0) is 24.4 Å². The molecular formula is C18H18FN3OS. The van der Waals surface area contributed by atoms with Crippen LogP contribution in [-0.4, -0.2) is 20.2 Å². The fourth-order valence-corrected chi connectivity index (χ4v) is 3.21. The summed E-state index contributed by atoms with van der Waals surface area (Å²) >= 11 is 0. The maximum atomic E-state index is 14.4. The van der Waals surface area contributed by atoms with Crippen LogP contribution in [0.2, 0.25) is 0 Å². The molecule has 3 aromatic rings. The van der Waals surface area contributed by atoms with Gasteiger partial charge in [-0.15, -0.1) is 0 Å². The Morgan fingerprint density at radius 3 is 2.67 bits per heavy atom. The van der Waals surface area contributed by atoms with Crippen molar-refractivity contribution in [2.45, 2.75) is 11.4 Å². The van der Waals surface area contributed by atoms with E-state index < -0.39 is 10.8 Å².